The van der Waals surface area contributed by atoms with E-state index in [0.29, 0.717) is 36.0 Å². The number of nitrogens with one attached hydrogen (secondary N) is 2. The van der Waals surface area contributed by atoms with Crippen molar-refractivity contribution < 1.29 is 41.3 Å². The van der Waals surface area contributed by atoms with E-state index in [0.717, 1.165) is 17.7 Å². The predicted molar refractivity (Wildman–Crippen MR) is 156 cm³/mol. The van der Waals surface area contributed by atoms with Gasteiger partial charge in [0.25, 0.3) is 0 Å². The number of halogens is 4. The monoisotopic (exact) mass is 611 g/mol. The molecule has 1 aliphatic heterocycles. The third-order valence-electron chi connectivity index (χ3n) is 6.61. The molecule has 8 nitrogen and oxygen atoms in total. The largest absolute Gasteiger partial charge is 0.493 e. The van der Waals surface area contributed by atoms with Gasteiger partial charge >= 0.3 is 12.2 Å². The number of hydrogen-bond acceptors (Lipinski definition) is 6. The lowest BCUT2D eigenvalue weighted by Crippen LogP contribution is -2.51. The summed E-state index contributed by atoms with van der Waals surface area (Å²) in [4.78, 5) is 16.9. The van der Waals surface area contributed by atoms with Gasteiger partial charge in [-0.15, -0.1) is 0 Å². The standard InChI is InChI=1S/C32H29F4N3O5/c1-3-42-28-15-29(43-17-20-7-5-4-6-8-20)37-16-23(28)21-9-11-26(25(33)13-21)39-30(40)38-22-10-12-27(24(14-22)32(34,35)36)44-31(2)18-41-19-31/h4-16H,3,17-19H2,1-2H3,(H2,38,39,40). The fourth-order valence-corrected chi connectivity index (χ4v) is 4.42. The maximum Gasteiger partial charge on any atom is 0.420 e. The first-order valence-corrected chi connectivity index (χ1v) is 13.7. The molecule has 0 spiro atoms. The van der Waals surface area contributed by atoms with E-state index in [9.17, 15) is 18.0 Å². The van der Waals surface area contributed by atoms with Gasteiger partial charge in [-0.25, -0.2) is 14.2 Å². The summed E-state index contributed by atoms with van der Waals surface area (Å²) in [7, 11) is 0. The average molecular weight is 612 g/mol. The molecule has 2 N–H and O–H groups in total. The van der Waals surface area contributed by atoms with Crippen molar-refractivity contribution in [2.45, 2.75) is 32.2 Å². The van der Waals surface area contributed by atoms with Crippen LogP contribution in [0.5, 0.6) is 17.4 Å². The zero-order valence-corrected chi connectivity index (χ0v) is 23.8. The Morgan fingerprint density at radius 2 is 1.75 bits per heavy atom. The van der Waals surface area contributed by atoms with Crippen LogP contribution in [-0.2, 0) is 17.5 Å². The van der Waals surface area contributed by atoms with E-state index in [1.165, 1.54) is 24.4 Å². The van der Waals surface area contributed by atoms with E-state index >= 15 is 4.39 Å². The highest BCUT2D eigenvalue weighted by Crippen LogP contribution is 2.40. The summed E-state index contributed by atoms with van der Waals surface area (Å²) in [5.74, 6) is -0.404. The summed E-state index contributed by atoms with van der Waals surface area (Å²) < 4.78 is 78.4. The highest BCUT2D eigenvalue weighted by Gasteiger charge is 2.40. The number of nitrogens with zero attached hydrogens (tertiary/aromatic N) is 1. The predicted octanol–water partition coefficient (Wildman–Crippen LogP) is 7.70. The quantitative estimate of drug-likeness (QED) is 0.179. The number of rotatable bonds is 10. The lowest BCUT2D eigenvalue weighted by atomic mass is 10.0. The van der Waals surface area contributed by atoms with Gasteiger partial charge in [0.05, 0.1) is 31.1 Å². The van der Waals surface area contributed by atoms with Crippen molar-refractivity contribution in [2.75, 3.05) is 30.5 Å². The summed E-state index contributed by atoms with van der Waals surface area (Å²) in [6.45, 7) is 4.42. The minimum Gasteiger partial charge on any atom is -0.493 e. The Morgan fingerprint density at radius 3 is 2.41 bits per heavy atom. The van der Waals surface area contributed by atoms with Crippen molar-refractivity contribution in [3.63, 3.8) is 0 Å². The number of pyridine rings is 1. The van der Waals surface area contributed by atoms with Gasteiger partial charge in [-0.05, 0) is 55.3 Å². The van der Waals surface area contributed by atoms with Crippen LogP contribution in [0.15, 0.2) is 79.0 Å². The van der Waals surface area contributed by atoms with Crippen molar-refractivity contribution in [3.8, 4) is 28.5 Å². The van der Waals surface area contributed by atoms with E-state index < -0.39 is 29.2 Å². The highest BCUT2D eigenvalue weighted by molar-refractivity contribution is 6.00. The minimum absolute atomic E-state index is 0.156. The Morgan fingerprint density at radius 1 is 0.977 bits per heavy atom. The van der Waals surface area contributed by atoms with Crippen LogP contribution in [0.3, 0.4) is 0 Å². The molecular formula is C32H29F4N3O5. The number of benzene rings is 3. The number of urea groups is 1. The minimum atomic E-state index is -4.74. The van der Waals surface area contributed by atoms with Crippen LogP contribution >= 0.6 is 0 Å². The summed E-state index contributed by atoms with van der Waals surface area (Å²) in [5.41, 5.74) is -0.383. The van der Waals surface area contributed by atoms with Gasteiger partial charge in [-0.2, -0.15) is 13.2 Å². The van der Waals surface area contributed by atoms with Crippen molar-refractivity contribution in [2.24, 2.45) is 0 Å². The SMILES string of the molecule is CCOc1cc(OCc2ccccc2)ncc1-c1ccc(NC(=O)Nc2ccc(OC3(C)COC3)c(C(F)(F)F)c2)c(F)c1. The first-order chi connectivity index (χ1) is 21.0. The number of anilines is 2. The van der Waals surface area contributed by atoms with E-state index in [1.807, 2.05) is 37.3 Å². The van der Waals surface area contributed by atoms with Gasteiger partial charge in [0.2, 0.25) is 5.88 Å². The first-order valence-electron chi connectivity index (χ1n) is 13.7. The molecule has 12 heteroatoms. The van der Waals surface area contributed by atoms with Crippen molar-refractivity contribution in [3.05, 3.63) is 95.9 Å². The van der Waals surface area contributed by atoms with Gasteiger partial charge in [-0.3, -0.25) is 0 Å². The van der Waals surface area contributed by atoms with E-state index in [2.05, 4.69) is 15.6 Å². The molecule has 1 aromatic heterocycles. The van der Waals surface area contributed by atoms with E-state index in [-0.39, 0.29) is 30.3 Å². The van der Waals surface area contributed by atoms with Gasteiger partial charge in [0.15, 0.2) is 5.60 Å². The summed E-state index contributed by atoms with van der Waals surface area (Å²) >= 11 is 0. The van der Waals surface area contributed by atoms with Crippen molar-refractivity contribution >= 4 is 17.4 Å². The number of amides is 2. The smallest absolute Gasteiger partial charge is 0.420 e. The molecule has 0 saturated carbocycles. The number of ether oxygens (including phenoxy) is 4. The summed E-state index contributed by atoms with van der Waals surface area (Å²) in [6, 6.07) is 17.5. The van der Waals surface area contributed by atoms with Gasteiger partial charge in [0.1, 0.15) is 23.9 Å². The first kappa shape index (κ1) is 30.6. The van der Waals surface area contributed by atoms with Gasteiger partial charge < -0.3 is 29.6 Å². The molecule has 3 aromatic carbocycles. The molecule has 230 valence electrons. The molecule has 5 rings (SSSR count). The van der Waals surface area contributed by atoms with Gasteiger partial charge in [-0.1, -0.05) is 36.4 Å². The average Bonchev–Trinajstić information content (AvgIpc) is 2.97. The molecular weight excluding hydrogens is 582 g/mol. The second-order valence-electron chi connectivity index (χ2n) is 10.3. The number of carbonyl (C=O) groups excluding carboxylic acids is 1. The highest BCUT2D eigenvalue weighted by atomic mass is 19.4. The molecule has 0 aliphatic carbocycles. The van der Waals surface area contributed by atoms with Crippen molar-refractivity contribution in [1.29, 1.82) is 0 Å². The fourth-order valence-electron chi connectivity index (χ4n) is 4.42. The number of carbonyl (C=O) groups is 1. The molecule has 0 radical (unpaired) electrons. The summed E-state index contributed by atoms with van der Waals surface area (Å²) in [5, 5.41) is 4.64. The lowest BCUT2D eigenvalue weighted by Gasteiger charge is -2.38. The summed E-state index contributed by atoms with van der Waals surface area (Å²) in [6.07, 6.45) is -3.24. The number of aromatic nitrogens is 1. The zero-order valence-electron chi connectivity index (χ0n) is 23.8. The lowest BCUT2D eigenvalue weighted by molar-refractivity contribution is -0.160. The second-order valence-corrected chi connectivity index (χ2v) is 10.3. The van der Waals surface area contributed by atoms with Crippen LogP contribution in [-0.4, -0.2) is 36.4 Å². The Hall–Kier alpha value is -4.84. The molecule has 2 amide bonds. The maximum absolute atomic E-state index is 15.1. The second kappa shape index (κ2) is 12.8. The van der Waals surface area contributed by atoms with Crippen LogP contribution in [0.4, 0.5) is 33.7 Å². The molecule has 1 saturated heterocycles. The van der Waals surface area contributed by atoms with Crippen LogP contribution < -0.4 is 24.8 Å². The molecule has 2 heterocycles. The third-order valence-corrected chi connectivity index (χ3v) is 6.61. The molecule has 1 aliphatic rings. The van der Waals surface area contributed by atoms with Gasteiger partial charge in [0, 0.05) is 23.5 Å². The Balaban J connectivity index is 1.27. The van der Waals surface area contributed by atoms with E-state index in [1.54, 1.807) is 19.1 Å². The third kappa shape index (κ3) is 7.38. The molecule has 0 unspecified atom stereocenters. The topological polar surface area (TPSA) is 90.9 Å². The molecule has 0 bridgehead atoms. The molecule has 1 fully saturated rings. The Bertz CT molecular complexity index is 1630. The van der Waals surface area contributed by atoms with Crippen LogP contribution in [0.2, 0.25) is 0 Å². The number of hydrogen-bond donors (Lipinski definition) is 2. The number of alkyl halides is 3. The maximum atomic E-state index is 15.1. The van der Waals surface area contributed by atoms with E-state index in [4.69, 9.17) is 18.9 Å². The molecule has 4 aromatic rings. The zero-order chi connectivity index (χ0) is 31.3. The molecule has 44 heavy (non-hydrogen) atoms. The fraction of sp³-hybridized carbons (Fsp3) is 0.250. The normalized spacial score (nSPS) is 13.9. The Labute approximate surface area is 250 Å². The van der Waals surface area contributed by atoms with Crippen molar-refractivity contribution in [1.82, 2.24) is 4.98 Å². The van der Waals surface area contributed by atoms with Crippen LogP contribution in [0.1, 0.15) is 25.0 Å². The van der Waals surface area contributed by atoms with Crippen LogP contribution in [0.25, 0.3) is 11.1 Å². The Kier molecular flexibility index (Phi) is 8.91. The molecule has 0 atom stereocenters. The van der Waals surface area contributed by atoms with Crippen LogP contribution in [0, 0.1) is 5.82 Å².